The average Bonchev–Trinajstić information content (AvgIpc) is 2.83. The lowest BCUT2D eigenvalue weighted by Crippen LogP contribution is -2.19. The van der Waals surface area contributed by atoms with Crippen molar-refractivity contribution >= 4 is 17.9 Å². The summed E-state index contributed by atoms with van der Waals surface area (Å²) in [7, 11) is 3.25. The van der Waals surface area contributed by atoms with Gasteiger partial charge in [0.25, 0.3) is 0 Å². The van der Waals surface area contributed by atoms with E-state index in [0.717, 1.165) is 41.5 Å². The number of ether oxygens (including phenoxy) is 4. The summed E-state index contributed by atoms with van der Waals surface area (Å²) in [6.45, 7) is 7.19. The minimum Gasteiger partial charge on any atom is -0.493 e. The van der Waals surface area contributed by atoms with Crippen molar-refractivity contribution < 1.29 is 23.7 Å². The topological polar surface area (TPSA) is 54.0 Å². The molecule has 1 aliphatic rings. The van der Waals surface area contributed by atoms with Gasteiger partial charge in [-0.2, -0.15) is 0 Å². The average molecular weight is 451 g/mol. The summed E-state index contributed by atoms with van der Waals surface area (Å²) < 4.78 is 22.2. The van der Waals surface area contributed by atoms with Crippen molar-refractivity contribution in [3.8, 4) is 23.0 Å². The van der Waals surface area contributed by atoms with Crippen LogP contribution in [0.2, 0.25) is 0 Å². The molecule has 0 heterocycles. The normalized spacial score (nSPS) is 18.5. The first kappa shape index (κ1) is 24.4. The Morgan fingerprint density at radius 3 is 1.58 bits per heavy atom. The van der Waals surface area contributed by atoms with E-state index >= 15 is 0 Å². The van der Waals surface area contributed by atoms with E-state index in [2.05, 4.69) is 6.92 Å². The minimum atomic E-state index is 0.0976. The van der Waals surface area contributed by atoms with Crippen molar-refractivity contribution in [1.29, 1.82) is 0 Å². The van der Waals surface area contributed by atoms with Crippen LogP contribution in [0, 0.1) is 5.92 Å². The predicted octanol–water partition coefficient (Wildman–Crippen LogP) is 6.36. The second kappa shape index (κ2) is 11.6. The second-order valence-electron chi connectivity index (χ2n) is 8.04. The molecule has 0 radical (unpaired) electrons. The number of carbonyl (C=O) groups is 1. The van der Waals surface area contributed by atoms with Gasteiger partial charge >= 0.3 is 0 Å². The van der Waals surface area contributed by atoms with Crippen LogP contribution in [0.25, 0.3) is 12.2 Å². The monoisotopic (exact) mass is 450 g/mol. The molecule has 0 unspecified atom stereocenters. The largest absolute Gasteiger partial charge is 0.493 e. The van der Waals surface area contributed by atoms with Crippen LogP contribution in [-0.4, -0.2) is 33.2 Å². The number of rotatable bonds is 9. The molecule has 5 heteroatoms. The van der Waals surface area contributed by atoms with Gasteiger partial charge in [-0.05, 0) is 80.2 Å². The number of allylic oxidation sites excluding steroid dienone is 2. The molecule has 1 saturated carbocycles. The number of methoxy groups -OCH3 is 2. The molecule has 0 amide bonds. The molecule has 5 nitrogen and oxygen atoms in total. The Kier molecular flexibility index (Phi) is 8.58. The van der Waals surface area contributed by atoms with Gasteiger partial charge in [-0.1, -0.05) is 25.5 Å². The van der Waals surface area contributed by atoms with E-state index in [1.165, 1.54) is 0 Å². The third kappa shape index (κ3) is 5.98. The fourth-order valence-electron chi connectivity index (χ4n) is 4.12. The van der Waals surface area contributed by atoms with E-state index in [1.807, 2.05) is 62.4 Å². The smallest absolute Gasteiger partial charge is 0.185 e. The second-order valence-corrected chi connectivity index (χ2v) is 8.04. The molecule has 0 bridgehead atoms. The zero-order chi connectivity index (χ0) is 23.8. The quantitative estimate of drug-likeness (QED) is 0.416. The summed E-state index contributed by atoms with van der Waals surface area (Å²) in [4.78, 5) is 13.4. The van der Waals surface area contributed by atoms with E-state index in [0.29, 0.717) is 42.1 Å². The molecule has 2 aromatic carbocycles. The SMILES string of the molecule is CCOc1ccc(/C=C2\CC(CC)C/C(=C\c3ccc(OCC)c(OC)c3)C2=O)cc1OC. The van der Waals surface area contributed by atoms with Crippen molar-refractivity contribution in [2.24, 2.45) is 5.92 Å². The number of carbonyl (C=O) groups excluding carboxylic acids is 1. The number of Topliss-reactive ketones (excluding diaryl/α,β-unsaturated/α-hetero) is 1. The summed E-state index contributed by atoms with van der Waals surface area (Å²) in [5.41, 5.74) is 3.50. The van der Waals surface area contributed by atoms with Crippen molar-refractivity contribution in [2.45, 2.75) is 40.0 Å². The lowest BCUT2D eigenvalue weighted by molar-refractivity contribution is -0.113. The Morgan fingerprint density at radius 2 is 1.21 bits per heavy atom. The zero-order valence-electron chi connectivity index (χ0n) is 20.3. The van der Waals surface area contributed by atoms with Gasteiger partial charge in [0.2, 0.25) is 0 Å². The van der Waals surface area contributed by atoms with Crippen LogP contribution in [0.1, 0.15) is 51.2 Å². The van der Waals surface area contributed by atoms with Crippen LogP contribution in [0.5, 0.6) is 23.0 Å². The molecule has 3 rings (SSSR count). The van der Waals surface area contributed by atoms with Crippen LogP contribution < -0.4 is 18.9 Å². The molecule has 0 N–H and O–H groups in total. The lowest BCUT2D eigenvalue weighted by Gasteiger charge is -2.25. The molecular formula is C28H34O5. The molecule has 0 aromatic heterocycles. The van der Waals surface area contributed by atoms with Gasteiger partial charge in [0.15, 0.2) is 28.8 Å². The summed E-state index contributed by atoms with van der Waals surface area (Å²) in [5.74, 6) is 3.26. The highest BCUT2D eigenvalue weighted by Crippen LogP contribution is 2.36. The fourth-order valence-corrected chi connectivity index (χ4v) is 4.12. The fraction of sp³-hybridized carbons (Fsp3) is 0.393. The number of hydrogen-bond donors (Lipinski definition) is 0. The third-order valence-corrected chi connectivity index (χ3v) is 5.83. The summed E-state index contributed by atoms with van der Waals surface area (Å²) >= 11 is 0. The first-order chi connectivity index (χ1) is 16.0. The molecule has 0 atom stereocenters. The van der Waals surface area contributed by atoms with Crippen molar-refractivity contribution in [1.82, 2.24) is 0 Å². The zero-order valence-corrected chi connectivity index (χ0v) is 20.3. The summed E-state index contributed by atoms with van der Waals surface area (Å²) in [6, 6.07) is 11.5. The van der Waals surface area contributed by atoms with Crippen LogP contribution in [-0.2, 0) is 4.79 Å². The Bertz CT molecular complexity index is 955. The first-order valence-electron chi connectivity index (χ1n) is 11.6. The van der Waals surface area contributed by atoms with E-state index in [1.54, 1.807) is 14.2 Å². The number of hydrogen-bond acceptors (Lipinski definition) is 5. The van der Waals surface area contributed by atoms with E-state index in [9.17, 15) is 4.79 Å². The number of ketones is 1. The van der Waals surface area contributed by atoms with E-state index in [-0.39, 0.29) is 5.78 Å². The van der Waals surface area contributed by atoms with Crippen LogP contribution in [0.4, 0.5) is 0 Å². The Morgan fingerprint density at radius 1 is 0.758 bits per heavy atom. The lowest BCUT2D eigenvalue weighted by atomic mass is 9.78. The highest BCUT2D eigenvalue weighted by Gasteiger charge is 2.27. The molecule has 0 saturated heterocycles. The maximum Gasteiger partial charge on any atom is 0.185 e. The van der Waals surface area contributed by atoms with Crippen molar-refractivity contribution in [2.75, 3.05) is 27.4 Å². The van der Waals surface area contributed by atoms with Crippen LogP contribution in [0.3, 0.4) is 0 Å². The molecule has 1 fully saturated rings. The highest BCUT2D eigenvalue weighted by atomic mass is 16.5. The maximum absolute atomic E-state index is 13.4. The van der Waals surface area contributed by atoms with Crippen molar-refractivity contribution in [3.63, 3.8) is 0 Å². The minimum absolute atomic E-state index is 0.0976. The molecule has 0 aliphatic heterocycles. The van der Waals surface area contributed by atoms with Crippen molar-refractivity contribution in [3.05, 3.63) is 58.7 Å². The Hall–Kier alpha value is -3.21. The van der Waals surface area contributed by atoms with Crippen LogP contribution >= 0.6 is 0 Å². The van der Waals surface area contributed by atoms with Gasteiger partial charge < -0.3 is 18.9 Å². The maximum atomic E-state index is 13.4. The molecule has 176 valence electrons. The third-order valence-electron chi connectivity index (χ3n) is 5.83. The highest BCUT2D eigenvalue weighted by molar-refractivity contribution is 6.14. The van der Waals surface area contributed by atoms with Gasteiger partial charge in [0.1, 0.15) is 0 Å². The molecule has 1 aliphatic carbocycles. The Labute approximate surface area is 197 Å². The Balaban J connectivity index is 1.94. The van der Waals surface area contributed by atoms with Gasteiger partial charge in [0, 0.05) is 11.1 Å². The predicted molar refractivity (Wildman–Crippen MR) is 132 cm³/mol. The first-order valence-corrected chi connectivity index (χ1v) is 11.6. The molecule has 33 heavy (non-hydrogen) atoms. The van der Waals surface area contributed by atoms with Gasteiger partial charge in [-0.15, -0.1) is 0 Å². The summed E-state index contributed by atoms with van der Waals surface area (Å²) in [5, 5.41) is 0. The number of benzene rings is 2. The molecule has 0 spiro atoms. The van der Waals surface area contributed by atoms with E-state index in [4.69, 9.17) is 18.9 Å². The molecular weight excluding hydrogens is 416 g/mol. The van der Waals surface area contributed by atoms with E-state index < -0.39 is 0 Å². The van der Waals surface area contributed by atoms with Gasteiger partial charge in [-0.3, -0.25) is 4.79 Å². The van der Waals surface area contributed by atoms with Gasteiger partial charge in [0.05, 0.1) is 27.4 Å². The van der Waals surface area contributed by atoms with Gasteiger partial charge in [-0.25, -0.2) is 0 Å². The standard InChI is InChI=1S/C28H34O5/c1-6-19-13-22(15-20-9-11-24(32-7-2)26(17-20)30-4)28(29)23(14-19)16-21-10-12-25(33-8-3)27(18-21)31-5/h9-12,15-19H,6-8,13-14H2,1-5H3/b22-15+,23-16+. The van der Waals surface area contributed by atoms with Crippen LogP contribution in [0.15, 0.2) is 47.5 Å². The molecule has 2 aromatic rings. The summed E-state index contributed by atoms with van der Waals surface area (Å²) in [6.07, 6.45) is 6.52.